The molecular weight excluding hydrogens is 301 g/mol. The molecule has 1 heterocycles. The summed E-state index contributed by atoms with van der Waals surface area (Å²) >= 11 is 3.10. The molecular formula is C12H13BrFN3O. The van der Waals surface area contributed by atoms with Gasteiger partial charge in [-0.15, -0.1) is 0 Å². The number of hydrogen-bond donors (Lipinski definition) is 1. The molecule has 96 valence electrons. The van der Waals surface area contributed by atoms with Crippen LogP contribution >= 0.6 is 15.9 Å². The fourth-order valence-corrected chi connectivity index (χ4v) is 1.61. The molecule has 0 bridgehead atoms. The Morgan fingerprint density at radius 2 is 2.22 bits per heavy atom. The predicted octanol–water partition coefficient (Wildman–Crippen LogP) is 3.14. The van der Waals surface area contributed by atoms with Crippen LogP contribution < -0.4 is 5.32 Å². The number of hydrogen-bond acceptors (Lipinski definition) is 4. The highest BCUT2D eigenvalue weighted by atomic mass is 79.9. The summed E-state index contributed by atoms with van der Waals surface area (Å²) in [5.41, 5.74) is 0.569. The van der Waals surface area contributed by atoms with Crippen LogP contribution in [-0.4, -0.2) is 16.2 Å². The van der Waals surface area contributed by atoms with Crippen LogP contribution in [0.5, 0.6) is 0 Å². The average molecular weight is 314 g/mol. The summed E-state index contributed by atoms with van der Waals surface area (Å²) in [6.45, 7) is 4.59. The van der Waals surface area contributed by atoms with Crippen LogP contribution in [0.15, 0.2) is 27.2 Å². The third-order valence-corrected chi connectivity index (χ3v) is 2.95. The predicted molar refractivity (Wildman–Crippen MR) is 69.4 cm³/mol. The molecule has 0 saturated carbocycles. The van der Waals surface area contributed by atoms with Crippen molar-refractivity contribution in [1.82, 2.24) is 15.5 Å². The van der Waals surface area contributed by atoms with Gasteiger partial charge in [-0.3, -0.25) is 0 Å². The lowest BCUT2D eigenvalue weighted by molar-refractivity contribution is 0.417. The van der Waals surface area contributed by atoms with E-state index in [0.717, 1.165) is 0 Å². The Morgan fingerprint density at radius 3 is 2.89 bits per heavy atom. The number of benzene rings is 1. The lowest BCUT2D eigenvalue weighted by atomic mass is 10.2. The van der Waals surface area contributed by atoms with Crippen molar-refractivity contribution in [3.63, 3.8) is 0 Å². The van der Waals surface area contributed by atoms with Crippen LogP contribution in [-0.2, 0) is 6.54 Å². The molecule has 0 saturated heterocycles. The van der Waals surface area contributed by atoms with Gasteiger partial charge in [0, 0.05) is 11.6 Å². The fraction of sp³-hybridized carbons (Fsp3) is 0.333. The maximum Gasteiger partial charge on any atom is 0.258 e. The summed E-state index contributed by atoms with van der Waals surface area (Å²) in [5.74, 6) is 0.525. The highest BCUT2D eigenvalue weighted by Crippen LogP contribution is 2.23. The van der Waals surface area contributed by atoms with E-state index in [1.54, 1.807) is 12.1 Å². The molecule has 0 unspecified atom stereocenters. The maximum absolute atomic E-state index is 13.4. The Labute approximate surface area is 113 Å². The highest BCUT2D eigenvalue weighted by Gasteiger charge is 2.10. The van der Waals surface area contributed by atoms with E-state index in [2.05, 4.69) is 31.4 Å². The molecule has 1 aromatic heterocycles. The zero-order valence-electron chi connectivity index (χ0n) is 10.1. The van der Waals surface area contributed by atoms with Gasteiger partial charge in [-0.05, 0) is 34.1 Å². The summed E-state index contributed by atoms with van der Waals surface area (Å²) in [6, 6.07) is 5.04. The van der Waals surface area contributed by atoms with Gasteiger partial charge in [-0.1, -0.05) is 19.0 Å². The second kappa shape index (κ2) is 5.58. The van der Waals surface area contributed by atoms with E-state index in [4.69, 9.17) is 4.52 Å². The van der Waals surface area contributed by atoms with Gasteiger partial charge >= 0.3 is 0 Å². The van der Waals surface area contributed by atoms with Crippen molar-refractivity contribution in [2.75, 3.05) is 0 Å². The summed E-state index contributed by atoms with van der Waals surface area (Å²) in [5, 5.41) is 7.01. The molecule has 0 aliphatic carbocycles. The quantitative estimate of drug-likeness (QED) is 0.942. The maximum atomic E-state index is 13.4. The number of aromatic nitrogens is 2. The Kier molecular flexibility index (Phi) is 4.08. The van der Waals surface area contributed by atoms with Crippen LogP contribution in [0.4, 0.5) is 4.39 Å². The van der Waals surface area contributed by atoms with Gasteiger partial charge in [0.2, 0.25) is 0 Å². The van der Waals surface area contributed by atoms with Gasteiger partial charge in [0.15, 0.2) is 5.82 Å². The minimum Gasteiger partial charge on any atom is -0.334 e. The standard InChI is InChI=1S/C12H13BrFN3O/c1-7(2)15-6-11-16-12(18-17-11)8-3-4-9(13)10(14)5-8/h3-5,7,15H,6H2,1-2H3. The first-order valence-corrected chi connectivity index (χ1v) is 6.37. The number of nitrogens with one attached hydrogen (secondary N) is 1. The van der Waals surface area contributed by atoms with Crippen molar-refractivity contribution in [3.05, 3.63) is 34.3 Å². The van der Waals surface area contributed by atoms with E-state index in [1.165, 1.54) is 6.07 Å². The molecule has 0 radical (unpaired) electrons. The van der Waals surface area contributed by atoms with Gasteiger partial charge < -0.3 is 9.84 Å². The van der Waals surface area contributed by atoms with E-state index < -0.39 is 0 Å². The second-order valence-corrected chi connectivity index (χ2v) is 5.03. The Bertz CT molecular complexity index is 542. The SMILES string of the molecule is CC(C)NCc1noc(-c2ccc(Br)c(F)c2)n1. The van der Waals surface area contributed by atoms with Gasteiger partial charge in [0.25, 0.3) is 5.89 Å². The first-order chi connectivity index (χ1) is 8.56. The highest BCUT2D eigenvalue weighted by molar-refractivity contribution is 9.10. The van der Waals surface area contributed by atoms with E-state index in [9.17, 15) is 4.39 Å². The van der Waals surface area contributed by atoms with Crippen LogP contribution in [0.3, 0.4) is 0 Å². The average Bonchev–Trinajstić information content (AvgIpc) is 2.79. The largest absolute Gasteiger partial charge is 0.334 e. The van der Waals surface area contributed by atoms with E-state index in [0.29, 0.717) is 34.3 Å². The third-order valence-electron chi connectivity index (χ3n) is 2.30. The van der Waals surface area contributed by atoms with E-state index in [-0.39, 0.29) is 5.82 Å². The topological polar surface area (TPSA) is 51.0 Å². The van der Waals surface area contributed by atoms with Gasteiger partial charge in [0.05, 0.1) is 11.0 Å². The van der Waals surface area contributed by atoms with Crippen LogP contribution in [0.2, 0.25) is 0 Å². The summed E-state index contributed by atoms with van der Waals surface area (Å²) in [7, 11) is 0. The Morgan fingerprint density at radius 1 is 1.44 bits per heavy atom. The van der Waals surface area contributed by atoms with Crippen molar-refractivity contribution in [1.29, 1.82) is 0 Å². The molecule has 18 heavy (non-hydrogen) atoms. The van der Waals surface area contributed by atoms with Crippen LogP contribution in [0, 0.1) is 5.82 Å². The summed E-state index contributed by atoms with van der Waals surface area (Å²) in [4.78, 5) is 4.20. The molecule has 0 fully saturated rings. The van der Waals surface area contributed by atoms with Crippen molar-refractivity contribution >= 4 is 15.9 Å². The summed E-state index contributed by atoms with van der Waals surface area (Å²) < 4.78 is 18.9. The van der Waals surface area contributed by atoms with Gasteiger partial charge in [-0.2, -0.15) is 4.98 Å². The fourth-order valence-electron chi connectivity index (χ4n) is 1.37. The van der Waals surface area contributed by atoms with Gasteiger partial charge in [-0.25, -0.2) is 4.39 Å². The normalized spacial score (nSPS) is 11.2. The van der Waals surface area contributed by atoms with Crippen molar-refractivity contribution in [3.8, 4) is 11.5 Å². The molecule has 0 atom stereocenters. The molecule has 4 nitrogen and oxygen atoms in total. The van der Waals surface area contributed by atoms with Crippen LogP contribution in [0.25, 0.3) is 11.5 Å². The first-order valence-electron chi connectivity index (χ1n) is 5.57. The molecule has 0 spiro atoms. The lowest BCUT2D eigenvalue weighted by Crippen LogP contribution is -2.22. The molecule has 1 aromatic carbocycles. The van der Waals surface area contributed by atoms with E-state index in [1.807, 2.05) is 13.8 Å². The first kappa shape index (κ1) is 13.2. The summed E-state index contributed by atoms with van der Waals surface area (Å²) in [6.07, 6.45) is 0. The molecule has 1 N–H and O–H groups in total. The van der Waals surface area contributed by atoms with Crippen LogP contribution in [0.1, 0.15) is 19.7 Å². The third kappa shape index (κ3) is 3.14. The van der Waals surface area contributed by atoms with Crippen molar-refractivity contribution < 1.29 is 8.91 Å². The monoisotopic (exact) mass is 313 g/mol. The molecule has 0 aliphatic rings. The lowest BCUT2D eigenvalue weighted by Gasteiger charge is -2.03. The number of nitrogens with zero attached hydrogens (tertiary/aromatic N) is 2. The number of halogens is 2. The van der Waals surface area contributed by atoms with Crippen molar-refractivity contribution in [2.45, 2.75) is 26.4 Å². The van der Waals surface area contributed by atoms with E-state index >= 15 is 0 Å². The zero-order valence-corrected chi connectivity index (χ0v) is 11.7. The second-order valence-electron chi connectivity index (χ2n) is 4.18. The molecule has 2 rings (SSSR count). The molecule has 2 aromatic rings. The number of rotatable bonds is 4. The minimum absolute atomic E-state index is 0.321. The minimum atomic E-state index is -0.354. The van der Waals surface area contributed by atoms with Gasteiger partial charge in [0.1, 0.15) is 5.82 Å². The molecule has 6 heteroatoms. The van der Waals surface area contributed by atoms with Crippen molar-refractivity contribution in [2.24, 2.45) is 0 Å². The molecule has 0 aliphatic heterocycles. The molecule has 0 amide bonds. The Balaban J connectivity index is 2.16. The Hall–Kier alpha value is -1.27. The zero-order chi connectivity index (χ0) is 13.1. The smallest absolute Gasteiger partial charge is 0.258 e.